The van der Waals surface area contributed by atoms with E-state index in [9.17, 15) is 5.11 Å². The molecule has 0 fully saturated rings. The Bertz CT molecular complexity index is 1220. The number of benzene rings is 3. The number of ether oxygens (including phenoxy) is 2. The minimum atomic E-state index is -0.635. The lowest BCUT2D eigenvalue weighted by Gasteiger charge is -2.14. The number of rotatable bonds is 10. The molecule has 0 radical (unpaired) electrons. The molecule has 0 amide bonds. The van der Waals surface area contributed by atoms with E-state index in [0.717, 1.165) is 22.5 Å². The maximum Gasteiger partial charge on any atom is 0.336 e. The third kappa shape index (κ3) is 6.07. The Labute approximate surface area is 207 Å². The summed E-state index contributed by atoms with van der Waals surface area (Å²) in [4.78, 5) is 4.44. The molecule has 0 aliphatic rings. The molecule has 176 valence electrons. The lowest BCUT2D eigenvalue weighted by atomic mass is 10.2. The Kier molecular flexibility index (Phi) is 8.03. The van der Waals surface area contributed by atoms with Crippen molar-refractivity contribution >= 4 is 28.9 Å². The van der Waals surface area contributed by atoms with E-state index >= 15 is 0 Å². The van der Waals surface area contributed by atoms with E-state index in [1.165, 1.54) is 7.11 Å². The maximum atomic E-state index is 10.2. The van der Waals surface area contributed by atoms with E-state index < -0.39 is 6.10 Å². The van der Waals surface area contributed by atoms with E-state index in [-0.39, 0.29) is 12.6 Å². The Morgan fingerprint density at radius 1 is 1.00 bits per heavy atom. The number of aromatic nitrogens is 3. The van der Waals surface area contributed by atoms with Gasteiger partial charge in [0, 0.05) is 17.8 Å². The highest BCUT2D eigenvalue weighted by molar-refractivity contribution is 6.42. The number of hydrogen-bond donors (Lipinski definition) is 2. The predicted molar refractivity (Wildman–Crippen MR) is 134 cm³/mol. The Morgan fingerprint density at radius 3 is 2.47 bits per heavy atom. The topological polar surface area (TPSA) is 81.4 Å². The van der Waals surface area contributed by atoms with Crippen LogP contribution in [0.4, 0.5) is 5.69 Å². The van der Waals surface area contributed by atoms with Crippen LogP contribution < -0.4 is 10.1 Å². The lowest BCUT2D eigenvalue weighted by molar-refractivity contribution is 0.0348. The van der Waals surface area contributed by atoms with Crippen LogP contribution in [0.15, 0.2) is 72.8 Å². The van der Waals surface area contributed by atoms with Crippen LogP contribution in [-0.2, 0) is 11.3 Å². The molecule has 0 unspecified atom stereocenters. The van der Waals surface area contributed by atoms with Crippen molar-refractivity contribution in [3.63, 3.8) is 0 Å². The summed E-state index contributed by atoms with van der Waals surface area (Å²) in [6.45, 7) is 1.07. The van der Waals surface area contributed by atoms with Gasteiger partial charge in [0.05, 0.1) is 42.2 Å². The fraction of sp³-hybridized carbons (Fsp3) is 0.200. The van der Waals surface area contributed by atoms with Crippen molar-refractivity contribution < 1.29 is 14.6 Å². The number of nitrogens with one attached hydrogen (secondary N) is 1. The van der Waals surface area contributed by atoms with Gasteiger partial charge in [0.2, 0.25) is 0 Å². The molecule has 0 saturated carbocycles. The van der Waals surface area contributed by atoms with Crippen LogP contribution in [0, 0.1) is 0 Å². The summed E-state index contributed by atoms with van der Waals surface area (Å²) in [5.74, 6) is 0.571. The van der Waals surface area contributed by atoms with Gasteiger partial charge in [0.15, 0.2) is 5.82 Å². The highest BCUT2D eigenvalue weighted by Gasteiger charge is 2.15. The molecule has 1 aromatic heterocycles. The van der Waals surface area contributed by atoms with Gasteiger partial charge in [-0.05, 0) is 48.0 Å². The Balaban J connectivity index is 1.38. The largest absolute Gasteiger partial charge is 0.466 e. The molecule has 1 atom stereocenters. The molecule has 0 bridgehead atoms. The summed E-state index contributed by atoms with van der Waals surface area (Å²) in [6.07, 6.45) is -0.635. The number of aliphatic hydroxyl groups excluding tert-OH is 1. The van der Waals surface area contributed by atoms with Gasteiger partial charge in [0.1, 0.15) is 0 Å². The van der Waals surface area contributed by atoms with Crippen molar-refractivity contribution in [2.24, 2.45) is 0 Å². The molecule has 0 spiro atoms. The van der Waals surface area contributed by atoms with Crippen LogP contribution in [0.3, 0.4) is 0 Å². The first-order valence-corrected chi connectivity index (χ1v) is 11.4. The molecule has 34 heavy (non-hydrogen) atoms. The first-order chi connectivity index (χ1) is 16.5. The van der Waals surface area contributed by atoms with E-state index in [1.54, 1.807) is 16.8 Å². The van der Waals surface area contributed by atoms with Crippen LogP contribution in [0.1, 0.15) is 5.56 Å². The molecular weight excluding hydrogens is 475 g/mol. The number of aliphatic hydroxyl groups is 1. The molecule has 9 heteroatoms. The van der Waals surface area contributed by atoms with Gasteiger partial charge in [-0.1, -0.05) is 53.5 Å². The summed E-state index contributed by atoms with van der Waals surface area (Å²) in [7, 11) is 1.51. The Hall–Kier alpha value is -3.10. The smallest absolute Gasteiger partial charge is 0.336 e. The minimum Gasteiger partial charge on any atom is -0.466 e. The van der Waals surface area contributed by atoms with Crippen molar-refractivity contribution in [1.29, 1.82) is 0 Å². The van der Waals surface area contributed by atoms with Crippen LogP contribution in [0.5, 0.6) is 6.01 Å². The van der Waals surface area contributed by atoms with Crippen molar-refractivity contribution in [1.82, 2.24) is 14.8 Å². The second-order valence-electron chi connectivity index (χ2n) is 7.55. The number of anilines is 1. The summed E-state index contributed by atoms with van der Waals surface area (Å²) in [6, 6.07) is 23.0. The minimum absolute atomic E-state index is 0.238. The van der Waals surface area contributed by atoms with Gasteiger partial charge < -0.3 is 19.9 Å². The van der Waals surface area contributed by atoms with Crippen molar-refractivity contribution in [2.45, 2.75) is 12.7 Å². The second-order valence-corrected chi connectivity index (χ2v) is 8.36. The molecule has 1 heterocycles. The molecule has 4 aromatic rings. The van der Waals surface area contributed by atoms with Crippen LogP contribution in [0.25, 0.3) is 17.1 Å². The third-order valence-electron chi connectivity index (χ3n) is 5.02. The standard InChI is InChI=1S/C25H24Cl2N4O3/c1-33-25-29-24(18-7-12-22(26)23(27)13-18)31(30-25)20-10-8-19(9-11-20)28-14-21(32)16-34-15-17-5-3-2-4-6-17/h2-13,21,28,32H,14-16H2,1H3/t21-/m0/s1. The van der Waals surface area contributed by atoms with E-state index in [4.69, 9.17) is 32.7 Å². The quantitative estimate of drug-likeness (QED) is 0.311. The van der Waals surface area contributed by atoms with Gasteiger partial charge >= 0.3 is 6.01 Å². The molecule has 0 aliphatic carbocycles. The predicted octanol–water partition coefficient (Wildman–Crippen LogP) is 5.24. The Morgan fingerprint density at radius 2 is 1.76 bits per heavy atom. The molecule has 0 saturated heterocycles. The highest BCUT2D eigenvalue weighted by atomic mass is 35.5. The number of halogens is 2. The van der Waals surface area contributed by atoms with Gasteiger partial charge in [-0.15, -0.1) is 5.10 Å². The number of methoxy groups -OCH3 is 1. The van der Waals surface area contributed by atoms with Crippen LogP contribution >= 0.6 is 23.2 Å². The van der Waals surface area contributed by atoms with Crippen LogP contribution in [-0.4, -0.2) is 46.2 Å². The normalized spacial score (nSPS) is 11.9. The zero-order valence-electron chi connectivity index (χ0n) is 18.5. The average molecular weight is 499 g/mol. The fourth-order valence-electron chi connectivity index (χ4n) is 3.28. The van der Waals surface area contributed by atoms with E-state index in [0.29, 0.717) is 29.0 Å². The van der Waals surface area contributed by atoms with E-state index in [1.807, 2.05) is 60.7 Å². The summed E-state index contributed by atoms with van der Waals surface area (Å²) < 4.78 is 12.5. The molecular formula is C25H24Cl2N4O3. The second kappa shape index (κ2) is 11.4. The van der Waals surface area contributed by atoms with E-state index in [2.05, 4.69) is 15.4 Å². The molecule has 3 aromatic carbocycles. The van der Waals surface area contributed by atoms with Crippen molar-refractivity contribution in [3.8, 4) is 23.1 Å². The highest BCUT2D eigenvalue weighted by Crippen LogP contribution is 2.30. The van der Waals surface area contributed by atoms with Gasteiger partial charge in [-0.25, -0.2) is 4.68 Å². The summed E-state index contributed by atoms with van der Waals surface area (Å²) >= 11 is 12.2. The molecule has 4 rings (SSSR count). The number of nitrogens with zero attached hydrogens (tertiary/aromatic N) is 3. The molecule has 2 N–H and O–H groups in total. The van der Waals surface area contributed by atoms with Gasteiger partial charge in [-0.2, -0.15) is 4.98 Å². The first-order valence-electron chi connectivity index (χ1n) is 10.6. The number of hydrogen-bond acceptors (Lipinski definition) is 6. The average Bonchev–Trinajstić information content (AvgIpc) is 3.30. The summed E-state index contributed by atoms with van der Waals surface area (Å²) in [5.41, 5.74) is 3.47. The molecule has 0 aliphatic heterocycles. The third-order valence-corrected chi connectivity index (χ3v) is 5.76. The zero-order chi connectivity index (χ0) is 23.9. The SMILES string of the molecule is COc1nc(-c2ccc(Cl)c(Cl)c2)n(-c2ccc(NC[C@H](O)COCc3ccccc3)cc2)n1. The fourth-order valence-corrected chi connectivity index (χ4v) is 3.58. The van der Waals surface area contributed by atoms with Crippen LogP contribution in [0.2, 0.25) is 10.0 Å². The monoisotopic (exact) mass is 498 g/mol. The van der Waals surface area contributed by atoms with Crippen molar-refractivity contribution in [2.75, 3.05) is 25.6 Å². The zero-order valence-corrected chi connectivity index (χ0v) is 20.0. The maximum absolute atomic E-state index is 10.2. The lowest BCUT2D eigenvalue weighted by Crippen LogP contribution is -2.24. The van der Waals surface area contributed by atoms with Gasteiger partial charge in [-0.3, -0.25) is 0 Å². The van der Waals surface area contributed by atoms with Crippen molar-refractivity contribution in [3.05, 3.63) is 88.4 Å². The van der Waals surface area contributed by atoms with Gasteiger partial charge in [0.25, 0.3) is 0 Å². The first kappa shape index (κ1) is 24.0. The summed E-state index contributed by atoms with van der Waals surface area (Å²) in [5, 5.41) is 18.7. The molecule has 7 nitrogen and oxygen atoms in total.